The summed E-state index contributed by atoms with van der Waals surface area (Å²) in [5.74, 6) is -1.45. The summed E-state index contributed by atoms with van der Waals surface area (Å²) in [4.78, 5) is 23.4. The lowest BCUT2D eigenvalue weighted by atomic mass is 9.86. The molecule has 0 saturated carbocycles. The van der Waals surface area contributed by atoms with Gasteiger partial charge in [-0.25, -0.2) is 4.79 Å². The zero-order valence-electron chi connectivity index (χ0n) is 12.0. The predicted molar refractivity (Wildman–Crippen MR) is 71.0 cm³/mol. The van der Waals surface area contributed by atoms with E-state index in [0.29, 0.717) is 12.2 Å². The number of carbonyl (C=O) groups is 2. The topological polar surface area (TPSA) is 84.2 Å². The second-order valence-corrected chi connectivity index (χ2v) is 5.60. The Balaban J connectivity index is 2.97. The summed E-state index contributed by atoms with van der Waals surface area (Å²) in [6.45, 7) is 9.55. The van der Waals surface area contributed by atoms with Crippen molar-refractivity contribution in [2.75, 3.05) is 0 Å². The molecule has 6 nitrogen and oxygen atoms in total. The minimum atomic E-state index is -1.04. The molecule has 106 valence electrons. The van der Waals surface area contributed by atoms with Crippen molar-refractivity contribution in [1.29, 1.82) is 0 Å². The van der Waals surface area contributed by atoms with Crippen LogP contribution in [0.15, 0.2) is 6.07 Å². The number of rotatable bonds is 4. The third-order valence-corrected chi connectivity index (χ3v) is 2.82. The maximum atomic E-state index is 12.2. The summed E-state index contributed by atoms with van der Waals surface area (Å²) >= 11 is 0. The van der Waals surface area contributed by atoms with Gasteiger partial charge in [-0.05, 0) is 25.3 Å². The third kappa shape index (κ3) is 3.56. The molecule has 0 saturated heterocycles. The Morgan fingerprint density at radius 3 is 2.47 bits per heavy atom. The van der Waals surface area contributed by atoms with E-state index in [4.69, 9.17) is 0 Å². The van der Waals surface area contributed by atoms with Gasteiger partial charge < -0.3 is 10.4 Å². The van der Waals surface area contributed by atoms with Crippen LogP contribution in [-0.4, -0.2) is 32.8 Å². The molecule has 1 rings (SSSR count). The van der Waals surface area contributed by atoms with Gasteiger partial charge in [-0.1, -0.05) is 20.8 Å². The van der Waals surface area contributed by atoms with Crippen LogP contribution in [-0.2, 0) is 11.3 Å². The third-order valence-electron chi connectivity index (χ3n) is 2.82. The van der Waals surface area contributed by atoms with Gasteiger partial charge in [0.25, 0.3) is 5.91 Å². The lowest BCUT2D eigenvalue weighted by molar-refractivity contribution is -0.142. The van der Waals surface area contributed by atoms with E-state index < -0.39 is 23.3 Å². The van der Waals surface area contributed by atoms with Gasteiger partial charge in [0.2, 0.25) is 0 Å². The molecule has 0 spiro atoms. The molecule has 1 atom stereocenters. The van der Waals surface area contributed by atoms with Gasteiger partial charge in [0, 0.05) is 6.54 Å². The van der Waals surface area contributed by atoms with Crippen molar-refractivity contribution in [2.45, 2.75) is 47.2 Å². The zero-order valence-corrected chi connectivity index (χ0v) is 12.0. The number of hydrogen-bond donors (Lipinski definition) is 2. The van der Waals surface area contributed by atoms with E-state index in [1.54, 1.807) is 38.4 Å². The fourth-order valence-corrected chi connectivity index (χ4v) is 1.82. The van der Waals surface area contributed by atoms with E-state index in [2.05, 4.69) is 10.4 Å². The van der Waals surface area contributed by atoms with E-state index in [1.807, 2.05) is 6.92 Å². The zero-order chi connectivity index (χ0) is 14.8. The summed E-state index contributed by atoms with van der Waals surface area (Å²) in [5.41, 5.74) is 0.554. The van der Waals surface area contributed by atoms with Crippen LogP contribution in [0.25, 0.3) is 0 Å². The van der Waals surface area contributed by atoms with Crippen LogP contribution in [0.2, 0.25) is 0 Å². The molecule has 0 bridgehead atoms. The number of carboxylic acids is 1. The molecule has 1 amide bonds. The molecule has 2 N–H and O–H groups in total. The van der Waals surface area contributed by atoms with E-state index in [9.17, 15) is 14.7 Å². The normalized spacial score (nSPS) is 13.1. The van der Waals surface area contributed by atoms with Crippen LogP contribution in [0.5, 0.6) is 0 Å². The highest BCUT2D eigenvalue weighted by Crippen LogP contribution is 2.20. The summed E-state index contributed by atoms with van der Waals surface area (Å²) in [5, 5.41) is 15.9. The van der Waals surface area contributed by atoms with Crippen molar-refractivity contribution >= 4 is 11.9 Å². The first-order valence-electron chi connectivity index (χ1n) is 6.25. The van der Waals surface area contributed by atoms with E-state index in [1.165, 1.54) is 0 Å². The minimum Gasteiger partial charge on any atom is -0.480 e. The van der Waals surface area contributed by atoms with Gasteiger partial charge in [0.1, 0.15) is 11.7 Å². The Kier molecular flexibility index (Phi) is 4.34. The van der Waals surface area contributed by atoms with Gasteiger partial charge in [-0.15, -0.1) is 0 Å². The van der Waals surface area contributed by atoms with E-state index in [-0.39, 0.29) is 0 Å². The lowest BCUT2D eigenvalue weighted by Gasteiger charge is -2.27. The summed E-state index contributed by atoms with van der Waals surface area (Å²) in [6, 6.07) is 0.709. The SMILES string of the molecule is CCn1nc(C)cc1C(=O)N[C@H](C(=O)O)C(C)(C)C. The summed E-state index contributed by atoms with van der Waals surface area (Å²) in [6.07, 6.45) is 0. The van der Waals surface area contributed by atoms with Gasteiger partial charge in [0.05, 0.1) is 5.69 Å². The van der Waals surface area contributed by atoms with Crippen LogP contribution in [0.3, 0.4) is 0 Å². The Labute approximate surface area is 112 Å². The number of carbonyl (C=O) groups excluding carboxylic acids is 1. The van der Waals surface area contributed by atoms with Gasteiger partial charge in [-0.3, -0.25) is 9.48 Å². The second kappa shape index (κ2) is 5.42. The standard InChI is InChI=1S/C13H21N3O3/c1-6-16-9(7-8(2)15-16)11(17)14-10(12(18)19)13(3,4)5/h7,10H,6H2,1-5H3,(H,14,17)(H,18,19)/t10-/m1/s1. The minimum absolute atomic E-state index is 0.385. The molecule has 0 aliphatic rings. The Hall–Kier alpha value is -1.85. The molecule has 0 fully saturated rings. The molecule has 1 aromatic rings. The first kappa shape index (κ1) is 15.2. The van der Waals surface area contributed by atoms with Gasteiger partial charge >= 0.3 is 5.97 Å². The second-order valence-electron chi connectivity index (χ2n) is 5.60. The number of hydrogen-bond acceptors (Lipinski definition) is 3. The molecule has 6 heteroatoms. The van der Waals surface area contributed by atoms with Gasteiger partial charge in [0.15, 0.2) is 0 Å². The lowest BCUT2D eigenvalue weighted by Crippen LogP contribution is -2.49. The van der Waals surface area contributed by atoms with Crippen molar-refractivity contribution in [3.63, 3.8) is 0 Å². The molecule has 1 heterocycles. The Morgan fingerprint density at radius 2 is 2.05 bits per heavy atom. The highest BCUT2D eigenvalue weighted by atomic mass is 16.4. The largest absolute Gasteiger partial charge is 0.480 e. The van der Waals surface area contributed by atoms with Crippen LogP contribution in [0, 0.1) is 12.3 Å². The quantitative estimate of drug-likeness (QED) is 0.864. The first-order valence-corrected chi connectivity index (χ1v) is 6.25. The van der Waals surface area contributed by atoms with E-state index >= 15 is 0 Å². The number of amides is 1. The van der Waals surface area contributed by atoms with Crippen LogP contribution >= 0.6 is 0 Å². The predicted octanol–water partition coefficient (Wildman–Crippen LogP) is 1.44. The molecule has 0 radical (unpaired) electrons. The van der Waals surface area contributed by atoms with Crippen molar-refractivity contribution in [1.82, 2.24) is 15.1 Å². The van der Waals surface area contributed by atoms with E-state index in [0.717, 1.165) is 5.69 Å². The number of aryl methyl sites for hydroxylation is 2. The smallest absolute Gasteiger partial charge is 0.326 e. The van der Waals surface area contributed by atoms with Crippen molar-refractivity contribution < 1.29 is 14.7 Å². The monoisotopic (exact) mass is 267 g/mol. The number of aliphatic carboxylic acids is 1. The maximum Gasteiger partial charge on any atom is 0.326 e. The van der Waals surface area contributed by atoms with Crippen molar-refractivity contribution in [3.8, 4) is 0 Å². The van der Waals surface area contributed by atoms with Crippen molar-refractivity contribution in [2.24, 2.45) is 5.41 Å². The Bertz CT molecular complexity index is 486. The number of carboxylic acid groups (broad SMARTS) is 1. The maximum absolute atomic E-state index is 12.2. The van der Waals surface area contributed by atoms with Crippen LogP contribution in [0.4, 0.5) is 0 Å². The molecule has 0 aliphatic carbocycles. The molecule has 0 unspecified atom stereocenters. The molecular weight excluding hydrogens is 246 g/mol. The molecular formula is C13H21N3O3. The number of aromatic nitrogens is 2. The highest BCUT2D eigenvalue weighted by molar-refractivity contribution is 5.95. The number of nitrogens with zero attached hydrogens (tertiary/aromatic N) is 2. The van der Waals surface area contributed by atoms with Crippen molar-refractivity contribution in [3.05, 3.63) is 17.5 Å². The molecule has 0 aromatic carbocycles. The van der Waals surface area contributed by atoms with Crippen LogP contribution < -0.4 is 5.32 Å². The molecule has 1 aromatic heterocycles. The Morgan fingerprint density at radius 1 is 1.47 bits per heavy atom. The average Bonchev–Trinajstić information content (AvgIpc) is 2.65. The van der Waals surface area contributed by atoms with Gasteiger partial charge in [-0.2, -0.15) is 5.10 Å². The molecule has 0 aliphatic heterocycles. The fraction of sp³-hybridized carbons (Fsp3) is 0.615. The highest BCUT2D eigenvalue weighted by Gasteiger charge is 2.33. The van der Waals surface area contributed by atoms with Crippen LogP contribution in [0.1, 0.15) is 43.9 Å². The number of nitrogens with one attached hydrogen (secondary N) is 1. The first-order chi connectivity index (χ1) is 8.66. The average molecular weight is 267 g/mol. The summed E-state index contributed by atoms with van der Waals surface area (Å²) < 4.78 is 1.56. The molecule has 19 heavy (non-hydrogen) atoms. The summed E-state index contributed by atoms with van der Waals surface area (Å²) in [7, 11) is 0. The fourth-order valence-electron chi connectivity index (χ4n) is 1.82.